The fourth-order valence-electron chi connectivity index (χ4n) is 3.40. The molecule has 0 saturated heterocycles. The number of carbonyl (C=O) groups is 1. The minimum absolute atomic E-state index is 0.0603. The number of hydrogen-bond donors (Lipinski definition) is 1. The van der Waals surface area contributed by atoms with Gasteiger partial charge in [-0.1, -0.05) is 47.6 Å². The first kappa shape index (κ1) is 22.9. The summed E-state index contributed by atoms with van der Waals surface area (Å²) in [5.74, 6) is 0.432. The molecule has 0 saturated carbocycles. The molecule has 33 heavy (non-hydrogen) atoms. The van der Waals surface area contributed by atoms with E-state index in [0.29, 0.717) is 44.8 Å². The van der Waals surface area contributed by atoms with Crippen LogP contribution in [-0.2, 0) is 4.79 Å². The number of anilines is 1. The monoisotopic (exact) mass is 479 g/mol. The predicted octanol–water partition coefficient (Wildman–Crippen LogP) is 5.48. The summed E-state index contributed by atoms with van der Waals surface area (Å²) in [6.45, 7) is 4.34. The van der Waals surface area contributed by atoms with E-state index in [1.54, 1.807) is 30.3 Å². The Hall–Kier alpha value is -3.29. The van der Waals surface area contributed by atoms with Crippen molar-refractivity contribution in [2.45, 2.75) is 19.0 Å². The first-order valence-corrected chi connectivity index (χ1v) is 11.8. The van der Waals surface area contributed by atoms with E-state index in [1.165, 1.54) is 16.3 Å². The smallest absolute Gasteiger partial charge is 0.266 e. The average Bonchev–Trinajstić information content (AvgIpc) is 2.79. The molecule has 4 rings (SSSR count). The van der Waals surface area contributed by atoms with Crippen molar-refractivity contribution in [3.63, 3.8) is 0 Å². The Bertz CT molecular complexity index is 1390. The number of thioether (sulfide) groups is 1. The van der Waals surface area contributed by atoms with E-state index in [2.05, 4.69) is 10.3 Å². The number of fused-ring (bicyclic) bond motifs is 1. The van der Waals surface area contributed by atoms with Crippen molar-refractivity contribution in [2.75, 3.05) is 17.7 Å². The molecule has 0 atom stereocenters. The number of halogens is 1. The molecule has 0 aliphatic rings. The van der Waals surface area contributed by atoms with Crippen LogP contribution in [0.25, 0.3) is 16.6 Å². The van der Waals surface area contributed by atoms with Gasteiger partial charge in [-0.3, -0.25) is 14.2 Å². The quantitative estimate of drug-likeness (QED) is 0.281. The molecular formula is C25H22ClN3O3S. The highest BCUT2D eigenvalue weighted by molar-refractivity contribution is 7.99. The van der Waals surface area contributed by atoms with Crippen LogP contribution in [0.4, 0.5) is 5.69 Å². The molecular weight excluding hydrogens is 458 g/mol. The second-order valence-corrected chi connectivity index (χ2v) is 8.68. The number of aromatic nitrogens is 2. The van der Waals surface area contributed by atoms with Gasteiger partial charge < -0.3 is 10.1 Å². The van der Waals surface area contributed by atoms with Crippen LogP contribution in [0, 0.1) is 6.92 Å². The van der Waals surface area contributed by atoms with Crippen molar-refractivity contribution in [1.82, 2.24) is 9.55 Å². The molecule has 0 spiro atoms. The van der Waals surface area contributed by atoms with Crippen LogP contribution in [0.2, 0.25) is 5.02 Å². The van der Waals surface area contributed by atoms with Crippen LogP contribution in [0.1, 0.15) is 12.5 Å². The number of carbonyl (C=O) groups excluding carboxylic acids is 1. The fourth-order valence-corrected chi connectivity index (χ4v) is 4.38. The molecule has 0 aliphatic heterocycles. The van der Waals surface area contributed by atoms with Gasteiger partial charge in [-0.05, 0) is 61.9 Å². The van der Waals surface area contributed by atoms with Gasteiger partial charge in [-0.2, -0.15) is 0 Å². The number of nitrogens with zero attached hydrogens (tertiary/aromatic N) is 2. The number of aryl methyl sites for hydroxylation is 1. The average molecular weight is 480 g/mol. The molecule has 3 aromatic carbocycles. The lowest BCUT2D eigenvalue weighted by atomic mass is 10.2. The van der Waals surface area contributed by atoms with E-state index in [9.17, 15) is 9.59 Å². The van der Waals surface area contributed by atoms with Crippen LogP contribution in [0.5, 0.6) is 5.75 Å². The number of nitrogens with one attached hydrogen (secondary N) is 1. The minimum Gasteiger partial charge on any atom is -0.492 e. The number of ether oxygens (including phenoxy) is 1. The van der Waals surface area contributed by atoms with Gasteiger partial charge in [-0.15, -0.1) is 0 Å². The van der Waals surface area contributed by atoms with Crippen molar-refractivity contribution < 1.29 is 9.53 Å². The summed E-state index contributed by atoms with van der Waals surface area (Å²) in [5.41, 5.74) is 2.57. The third-order valence-electron chi connectivity index (χ3n) is 4.85. The highest BCUT2D eigenvalue weighted by Gasteiger charge is 2.16. The molecule has 1 amide bonds. The molecule has 6 nitrogen and oxygen atoms in total. The third kappa shape index (κ3) is 5.21. The molecule has 1 heterocycles. The van der Waals surface area contributed by atoms with Crippen molar-refractivity contribution in [3.05, 3.63) is 87.7 Å². The van der Waals surface area contributed by atoms with E-state index in [-0.39, 0.29) is 17.2 Å². The van der Waals surface area contributed by atoms with Gasteiger partial charge in [0.15, 0.2) is 5.16 Å². The van der Waals surface area contributed by atoms with E-state index < -0.39 is 0 Å². The van der Waals surface area contributed by atoms with E-state index in [1.807, 2.05) is 50.2 Å². The molecule has 1 N–H and O–H groups in total. The fraction of sp³-hybridized carbons (Fsp3) is 0.160. The first-order valence-electron chi connectivity index (χ1n) is 10.4. The normalized spacial score (nSPS) is 10.9. The minimum atomic E-state index is -0.233. The molecule has 168 valence electrons. The Morgan fingerprint density at radius 1 is 1.12 bits per heavy atom. The summed E-state index contributed by atoms with van der Waals surface area (Å²) in [4.78, 5) is 30.8. The Balaban J connectivity index is 1.67. The standard InChI is InChI=1S/C25H22ClN3O3S/c1-3-32-22-10-5-4-9-20(22)27-23(30)15-33-25-28-21-14-17(26)11-12-19(21)24(31)29(25)18-8-6-7-16(2)13-18/h4-14H,3,15H2,1-2H3,(H,27,30). The SMILES string of the molecule is CCOc1ccccc1NC(=O)CSc1nc2cc(Cl)ccc2c(=O)n1-c1cccc(C)c1. The van der Waals surface area contributed by atoms with Crippen LogP contribution in [-0.4, -0.2) is 27.8 Å². The third-order valence-corrected chi connectivity index (χ3v) is 6.03. The lowest BCUT2D eigenvalue weighted by Crippen LogP contribution is -2.23. The molecule has 0 unspecified atom stereocenters. The first-order chi connectivity index (χ1) is 16.0. The highest BCUT2D eigenvalue weighted by Crippen LogP contribution is 2.26. The maximum atomic E-state index is 13.4. The van der Waals surface area contributed by atoms with Crippen molar-refractivity contribution in [2.24, 2.45) is 0 Å². The second-order valence-electron chi connectivity index (χ2n) is 7.30. The largest absolute Gasteiger partial charge is 0.492 e. The molecule has 0 bridgehead atoms. The Morgan fingerprint density at radius 2 is 1.94 bits per heavy atom. The van der Waals surface area contributed by atoms with Gasteiger partial charge in [0.2, 0.25) is 5.91 Å². The van der Waals surface area contributed by atoms with Gasteiger partial charge in [0.05, 0.1) is 34.6 Å². The Labute approximate surface area is 200 Å². The zero-order chi connectivity index (χ0) is 23.4. The van der Waals surface area contributed by atoms with Gasteiger partial charge in [0.25, 0.3) is 5.56 Å². The van der Waals surface area contributed by atoms with Gasteiger partial charge >= 0.3 is 0 Å². The van der Waals surface area contributed by atoms with Crippen LogP contribution < -0.4 is 15.6 Å². The van der Waals surface area contributed by atoms with Gasteiger partial charge in [0.1, 0.15) is 5.75 Å². The number of para-hydroxylation sites is 2. The summed E-state index contributed by atoms with van der Waals surface area (Å²) in [6, 6.07) is 19.9. The van der Waals surface area contributed by atoms with E-state index in [0.717, 1.165) is 5.56 Å². The lowest BCUT2D eigenvalue weighted by Gasteiger charge is -2.14. The Kier molecular flexibility index (Phi) is 7.01. The summed E-state index contributed by atoms with van der Waals surface area (Å²) >= 11 is 7.31. The second kappa shape index (κ2) is 10.1. The van der Waals surface area contributed by atoms with Crippen molar-refractivity contribution in [3.8, 4) is 11.4 Å². The maximum absolute atomic E-state index is 13.4. The van der Waals surface area contributed by atoms with Crippen molar-refractivity contribution in [1.29, 1.82) is 0 Å². The maximum Gasteiger partial charge on any atom is 0.266 e. The molecule has 8 heteroatoms. The van der Waals surface area contributed by atoms with Crippen LogP contribution in [0.15, 0.2) is 76.7 Å². The summed E-state index contributed by atoms with van der Waals surface area (Å²) in [7, 11) is 0. The number of benzene rings is 3. The van der Waals surface area contributed by atoms with Gasteiger partial charge in [-0.25, -0.2) is 4.98 Å². The highest BCUT2D eigenvalue weighted by atomic mass is 35.5. The zero-order valence-corrected chi connectivity index (χ0v) is 19.7. The Morgan fingerprint density at radius 3 is 2.73 bits per heavy atom. The van der Waals surface area contributed by atoms with Crippen molar-refractivity contribution >= 4 is 45.9 Å². The molecule has 1 aromatic heterocycles. The molecule has 0 fully saturated rings. The molecule has 4 aromatic rings. The lowest BCUT2D eigenvalue weighted by molar-refractivity contribution is -0.113. The summed E-state index contributed by atoms with van der Waals surface area (Å²) in [6.07, 6.45) is 0. The number of rotatable bonds is 7. The predicted molar refractivity (Wildman–Crippen MR) is 134 cm³/mol. The van der Waals surface area contributed by atoms with Crippen LogP contribution in [0.3, 0.4) is 0 Å². The summed E-state index contributed by atoms with van der Waals surface area (Å²) < 4.78 is 7.11. The molecule has 0 aliphatic carbocycles. The topological polar surface area (TPSA) is 73.2 Å². The zero-order valence-electron chi connectivity index (χ0n) is 18.2. The molecule has 0 radical (unpaired) electrons. The van der Waals surface area contributed by atoms with E-state index >= 15 is 0 Å². The number of hydrogen-bond acceptors (Lipinski definition) is 5. The summed E-state index contributed by atoms with van der Waals surface area (Å²) in [5, 5.41) is 4.23. The van der Waals surface area contributed by atoms with Gasteiger partial charge in [0, 0.05) is 5.02 Å². The number of amides is 1. The van der Waals surface area contributed by atoms with E-state index in [4.69, 9.17) is 16.3 Å². The van der Waals surface area contributed by atoms with Crippen LogP contribution >= 0.6 is 23.4 Å².